The van der Waals surface area contributed by atoms with Crippen LogP contribution in [0.15, 0.2) is 77.7 Å². The van der Waals surface area contributed by atoms with E-state index < -0.39 is 22.0 Å². The van der Waals surface area contributed by atoms with Crippen LogP contribution < -0.4 is 4.74 Å². The van der Waals surface area contributed by atoms with E-state index in [0.29, 0.717) is 17.0 Å². The Labute approximate surface area is 193 Å². The summed E-state index contributed by atoms with van der Waals surface area (Å²) >= 11 is 6.03. The molecule has 0 saturated carbocycles. The van der Waals surface area contributed by atoms with Crippen molar-refractivity contribution in [3.63, 3.8) is 0 Å². The van der Waals surface area contributed by atoms with Gasteiger partial charge in [0.1, 0.15) is 11.3 Å². The lowest BCUT2D eigenvalue weighted by Gasteiger charge is -2.31. The number of benzene rings is 3. The molecule has 8 heteroatoms. The van der Waals surface area contributed by atoms with Crippen molar-refractivity contribution in [1.82, 2.24) is 4.31 Å². The molecule has 3 aromatic rings. The Bertz CT molecular complexity index is 1180. The summed E-state index contributed by atoms with van der Waals surface area (Å²) in [4.78, 5) is 11.8. The number of halogens is 1. The van der Waals surface area contributed by atoms with Crippen LogP contribution in [-0.4, -0.2) is 30.9 Å². The topological polar surface area (TPSA) is 83.9 Å². The van der Waals surface area contributed by atoms with Gasteiger partial charge in [0.15, 0.2) is 0 Å². The van der Waals surface area contributed by atoms with Crippen molar-refractivity contribution in [3.05, 3.63) is 94.5 Å². The first-order valence-electron chi connectivity index (χ1n) is 10.0. The van der Waals surface area contributed by atoms with Gasteiger partial charge in [-0.15, -0.1) is 0 Å². The highest BCUT2D eigenvalue weighted by atomic mass is 35.5. The Morgan fingerprint density at radius 2 is 1.72 bits per heavy atom. The molecule has 0 heterocycles. The van der Waals surface area contributed by atoms with E-state index in [9.17, 15) is 18.3 Å². The molecule has 1 N–H and O–H groups in total. The second-order valence-electron chi connectivity index (χ2n) is 7.18. The number of ether oxygens (including phenoxy) is 1. The maximum absolute atomic E-state index is 13.7. The zero-order valence-corrected chi connectivity index (χ0v) is 19.3. The minimum absolute atomic E-state index is 0.0113. The Balaban J connectivity index is 2.11. The normalized spacial score (nSPS) is 12.5. The monoisotopic (exact) mass is 473 g/mol. The smallest absolute Gasteiger partial charge is 0.339 e. The number of carbonyl (C=O) groups is 1. The molecular formula is C24H24ClNO5S. The van der Waals surface area contributed by atoms with Crippen molar-refractivity contribution < 1.29 is 23.1 Å². The standard InChI is InChI=1S/C24H24ClNO5S/c1-3-22(18-10-12-19(25)13-11-18)26(32(29,30)20-7-5-4-6-8-20)16-17-9-14-23(31-2)21(15-17)24(27)28/h4-15,22H,3,16H2,1-2H3,(H,27,28)/t22-/m0/s1. The van der Waals surface area contributed by atoms with Gasteiger partial charge in [0, 0.05) is 11.6 Å². The highest BCUT2D eigenvalue weighted by molar-refractivity contribution is 7.89. The van der Waals surface area contributed by atoms with Crippen LogP contribution in [0.2, 0.25) is 5.02 Å². The molecule has 6 nitrogen and oxygen atoms in total. The van der Waals surface area contributed by atoms with Gasteiger partial charge in [0.2, 0.25) is 10.0 Å². The number of carboxylic acids is 1. The van der Waals surface area contributed by atoms with E-state index in [1.807, 2.05) is 6.92 Å². The van der Waals surface area contributed by atoms with Gasteiger partial charge in [-0.3, -0.25) is 0 Å². The van der Waals surface area contributed by atoms with Crippen LogP contribution in [0.4, 0.5) is 0 Å². The average Bonchev–Trinajstić information content (AvgIpc) is 2.80. The lowest BCUT2D eigenvalue weighted by atomic mass is 10.0. The van der Waals surface area contributed by atoms with E-state index in [0.717, 1.165) is 5.56 Å². The lowest BCUT2D eigenvalue weighted by molar-refractivity contribution is 0.0693. The fourth-order valence-corrected chi connectivity index (χ4v) is 5.40. The Kier molecular flexibility index (Phi) is 7.56. The molecule has 0 aromatic heterocycles. The Morgan fingerprint density at radius 1 is 1.06 bits per heavy atom. The molecule has 0 spiro atoms. The molecule has 0 unspecified atom stereocenters. The van der Waals surface area contributed by atoms with Crippen LogP contribution in [0.5, 0.6) is 5.75 Å². The summed E-state index contributed by atoms with van der Waals surface area (Å²) in [6.45, 7) is 1.89. The first-order valence-corrected chi connectivity index (χ1v) is 11.8. The third-order valence-corrected chi connectivity index (χ3v) is 7.29. The summed E-state index contributed by atoms with van der Waals surface area (Å²) in [6.07, 6.45) is 0.510. The van der Waals surface area contributed by atoms with E-state index in [-0.39, 0.29) is 22.8 Å². The van der Waals surface area contributed by atoms with Crippen molar-refractivity contribution in [2.75, 3.05) is 7.11 Å². The first kappa shape index (κ1) is 23.8. The Hall–Kier alpha value is -2.87. The second kappa shape index (κ2) is 10.2. The summed E-state index contributed by atoms with van der Waals surface area (Å²) in [7, 11) is -2.51. The molecule has 0 fully saturated rings. The van der Waals surface area contributed by atoms with E-state index in [1.165, 1.54) is 23.5 Å². The Morgan fingerprint density at radius 3 is 2.28 bits per heavy atom. The third-order valence-electron chi connectivity index (χ3n) is 5.17. The molecule has 0 radical (unpaired) electrons. The SMILES string of the molecule is CC[C@@H](c1ccc(Cl)cc1)N(Cc1ccc(OC)c(C(=O)O)c1)S(=O)(=O)c1ccccc1. The van der Waals surface area contributed by atoms with Crippen LogP contribution >= 0.6 is 11.6 Å². The summed E-state index contributed by atoms with van der Waals surface area (Å²) < 4.78 is 33.9. The molecule has 168 valence electrons. The molecule has 0 amide bonds. The molecule has 0 aliphatic heterocycles. The fraction of sp³-hybridized carbons (Fsp3) is 0.208. The maximum atomic E-state index is 13.7. The van der Waals surface area contributed by atoms with Gasteiger partial charge in [0.05, 0.1) is 18.0 Å². The molecule has 1 atom stereocenters. The molecule has 3 aromatic carbocycles. The van der Waals surface area contributed by atoms with Crippen molar-refractivity contribution in [2.45, 2.75) is 30.8 Å². The molecule has 0 saturated heterocycles. The molecule has 3 rings (SSSR count). The van der Waals surface area contributed by atoms with Gasteiger partial charge in [0.25, 0.3) is 0 Å². The number of carboxylic acid groups (broad SMARTS) is 1. The average molecular weight is 474 g/mol. The predicted octanol–water partition coefficient (Wildman–Crippen LogP) is 5.39. The summed E-state index contributed by atoms with van der Waals surface area (Å²) in [6, 6.07) is 19.4. The van der Waals surface area contributed by atoms with Gasteiger partial charge >= 0.3 is 5.97 Å². The highest BCUT2D eigenvalue weighted by Crippen LogP contribution is 2.33. The van der Waals surface area contributed by atoms with Crippen LogP contribution in [0.25, 0.3) is 0 Å². The third kappa shape index (κ3) is 5.12. The number of aromatic carboxylic acids is 1. The molecular weight excluding hydrogens is 450 g/mol. The van der Waals surface area contributed by atoms with E-state index >= 15 is 0 Å². The number of methoxy groups -OCH3 is 1. The van der Waals surface area contributed by atoms with Gasteiger partial charge in [-0.25, -0.2) is 13.2 Å². The van der Waals surface area contributed by atoms with Gasteiger partial charge in [-0.2, -0.15) is 4.31 Å². The molecule has 0 aliphatic carbocycles. The number of hydrogen-bond donors (Lipinski definition) is 1. The first-order chi connectivity index (χ1) is 15.3. The lowest BCUT2D eigenvalue weighted by Crippen LogP contribution is -2.34. The van der Waals surface area contributed by atoms with Crippen LogP contribution in [0, 0.1) is 0 Å². The van der Waals surface area contributed by atoms with Gasteiger partial charge < -0.3 is 9.84 Å². The minimum atomic E-state index is -3.90. The van der Waals surface area contributed by atoms with Gasteiger partial charge in [-0.05, 0) is 53.9 Å². The quantitative estimate of drug-likeness (QED) is 0.450. The summed E-state index contributed by atoms with van der Waals surface area (Å²) in [5, 5.41) is 10.1. The van der Waals surface area contributed by atoms with Crippen molar-refractivity contribution in [1.29, 1.82) is 0 Å². The number of sulfonamides is 1. The van der Waals surface area contributed by atoms with Gasteiger partial charge in [-0.1, -0.05) is 54.9 Å². The number of rotatable bonds is 9. The summed E-state index contributed by atoms with van der Waals surface area (Å²) in [5.74, 6) is -0.936. The minimum Gasteiger partial charge on any atom is -0.496 e. The van der Waals surface area contributed by atoms with E-state index in [1.54, 1.807) is 60.7 Å². The highest BCUT2D eigenvalue weighted by Gasteiger charge is 2.32. The number of nitrogens with zero attached hydrogens (tertiary/aromatic N) is 1. The predicted molar refractivity (Wildman–Crippen MR) is 124 cm³/mol. The van der Waals surface area contributed by atoms with E-state index in [2.05, 4.69) is 0 Å². The molecule has 0 aliphatic rings. The van der Waals surface area contributed by atoms with Crippen molar-refractivity contribution >= 4 is 27.6 Å². The largest absolute Gasteiger partial charge is 0.496 e. The molecule has 32 heavy (non-hydrogen) atoms. The maximum Gasteiger partial charge on any atom is 0.339 e. The zero-order valence-electron chi connectivity index (χ0n) is 17.7. The number of hydrogen-bond acceptors (Lipinski definition) is 4. The van der Waals surface area contributed by atoms with Crippen molar-refractivity contribution in [2.24, 2.45) is 0 Å². The van der Waals surface area contributed by atoms with Crippen LogP contribution in [0.1, 0.15) is 40.9 Å². The molecule has 0 bridgehead atoms. The van der Waals surface area contributed by atoms with Crippen LogP contribution in [-0.2, 0) is 16.6 Å². The van der Waals surface area contributed by atoms with E-state index in [4.69, 9.17) is 16.3 Å². The fourth-order valence-electron chi connectivity index (χ4n) is 3.58. The van der Waals surface area contributed by atoms with Crippen molar-refractivity contribution in [3.8, 4) is 5.75 Å². The summed E-state index contributed by atoms with van der Waals surface area (Å²) in [5.41, 5.74) is 1.31. The second-order valence-corrected chi connectivity index (χ2v) is 9.51. The zero-order chi connectivity index (χ0) is 23.3. The van der Waals surface area contributed by atoms with Crippen LogP contribution in [0.3, 0.4) is 0 Å².